The van der Waals surface area contributed by atoms with Crippen LogP contribution in [0.25, 0.3) is 0 Å². The summed E-state index contributed by atoms with van der Waals surface area (Å²) >= 11 is 9.78. The van der Waals surface area contributed by atoms with E-state index in [-0.39, 0.29) is 0 Å². The molecular weight excluding hydrogens is 318 g/mol. The van der Waals surface area contributed by atoms with Gasteiger partial charge in [0.2, 0.25) is 0 Å². The van der Waals surface area contributed by atoms with E-state index in [9.17, 15) is 0 Å². The molecule has 1 aromatic carbocycles. The predicted molar refractivity (Wildman–Crippen MR) is 96.9 cm³/mol. The van der Waals surface area contributed by atoms with Gasteiger partial charge in [-0.05, 0) is 55.5 Å². The van der Waals surface area contributed by atoms with Crippen molar-refractivity contribution in [2.45, 2.75) is 37.1 Å². The van der Waals surface area contributed by atoms with Crippen LogP contribution in [0.3, 0.4) is 0 Å². The summed E-state index contributed by atoms with van der Waals surface area (Å²) in [6.07, 6.45) is 3.53. The number of benzene rings is 1. The van der Waals surface area contributed by atoms with Crippen molar-refractivity contribution in [1.82, 2.24) is 5.32 Å². The van der Waals surface area contributed by atoms with Gasteiger partial charge in [0.1, 0.15) is 0 Å². The minimum atomic E-state index is 0.552. The molecule has 0 aliphatic rings. The highest BCUT2D eigenvalue weighted by Gasteiger charge is 2.09. The summed E-state index contributed by atoms with van der Waals surface area (Å²) in [5.41, 5.74) is 0. The first-order valence-corrected chi connectivity index (χ1v) is 9.66. The Labute approximate surface area is 141 Å². The van der Waals surface area contributed by atoms with E-state index in [1.165, 1.54) is 22.6 Å². The number of thioether (sulfide) groups is 1. The summed E-state index contributed by atoms with van der Waals surface area (Å²) in [6.45, 7) is 3.30. The number of aryl methyl sites for hydroxylation is 1. The Balaban J connectivity index is 1.83. The minimum Gasteiger partial charge on any atom is -0.313 e. The van der Waals surface area contributed by atoms with E-state index in [0.717, 1.165) is 23.7 Å². The molecule has 0 radical (unpaired) electrons. The van der Waals surface area contributed by atoms with E-state index in [2.05, 4.69) is 35.8 Å². The summed E-state index contributed by atoms with van der Waals surface area (Å²) in [4.78, 5) is 2.73. The second-order valence-corrected chi connectivity index (χ2v) is 7.60. The number of nitrogens with one attached hydrogen (secondary N) is 1. The molecule has 4 heteroatoms. The first-order chi connectivity index (χ1) is 10.3. The van der Waals surface area contributed by atoms with Gasteiger partial charge in [-0.25, -0.2) is 0 Å². The minimum absolute atomic E-state index is 0.552. The van der Waals surface area contributed by atoms with E-state index in [1.54, 1.807) is 0 Å². The Morgan fingerprint density at radius 1 is 1.29 bits per heavy atom. The molecule has 0 fully saturated rings. The number of halogens is 1. The fraction of sp³-hybridized carbons (Fsp3) is 0.412. The molecule has 0 saturated heterocycles. The number of hydrogen-bond acceptors (Lipinski definition) is 3. The summed E-state index contributed by atoms with van der Waals surface area (Å²) in [5.74, 6) is 1.09. The summed E-state index contributed by atoms with van der Waals surface area (Å²) in [6, 6.07) is 13.0. The molecule has 1 unspecified atom stereocenters. The van der Waals surface area contributed by atoms with Crippen LogP contribution < -0.4 is 5.32 Å². The Kier molecular flexibility index (Phi) is 7.65. The van der Waals surface area contributed by atoms with Crippen LogP contribution in [-0.2, 0) is 6.42 Å². The molecule has 1 nitrogen and oxygen atoms in total. The van der Waals surface area contributed by atoms with Crippen LogP contribution in [0.5, 0.6) is 0 Å². The van der Waals surface area contributed by atoms with Gasteiger partial charge in [-0.2, -0.15) is 0 Å². The third-order valence-corrected chi connectivity index (χ3v) is 5.58. The van der Waals surface area contributed by atoms with E-state index >= 15 is 0 Å². The molecular formula is C17H22ClNS2. The zero-order chi connectivity index (χ0) is 14.9. The zero-order valence-electron chi connectivity index (χ0n) is 12.3. The molecule has 0 bridgehead atoms. The molecule has 0 amide bonds. The lowest BCUT2D eigenvalue weighted by Gasteiger charge is -2.18. The lowest BCUT2D eigenvalue weighted by molar-refractivity contribution is 0.521. The maximum Gasteiger partial charge on any atom is 0.0417 e. The van der Waals surface area contributed by atoms with Gasteiger partial charge in [0, 0.05) is 26.6 Å². The van der Waals surface area contributed by atoms with Crippen molar-refractivity contribution in [1.29, 1.82) is 0 Å². The Morgan fingerprint density at radius 3 is 2.90 bits per heavy atom. The van der Waals surface area contributed by atoms with E-state index < -0.39 is 0 Å². The standard InChI is InChI=1S/C17H22ClNS2/c1-2-10-19-15(8-9-16-7-4-11-20-16)13-21-17-6-3-5-14(18)12-17/h3-7,11-12,15,19H,2,8-10,13H2,1H3. The molecule has 2 rings (SSSR count). The Bertz CT molecular complexity index is 513. The van der Waals surface area contributed by atoms with Crippen molar-refractivity contribution >= 4 is 34.7 Å². The van der Waals surface area contributed by atoms with Crippen LogP contribution in [0.15, 0.2) is 46.7 Å². The Morgan fingerprint density at radius 2 is 2.19 bits per heavy atom. The van der Waals surface area contributed by atoms with Crippen molar-refractivity contribution in [3.8, 4) is 0 Å². The quantitative estimate of drug-likeness (QED) is 0.606. The van der Waals surface area contributed by atoms with E-state index in [1.807, 2.05) is 41.3 Å². The maximum atomic E-state index is 6.04. The molecule has 0 saturated carbocycles. The summed E-state index contributed by atoms with van der Waals surface area (Å²) in [5, 5.41) is 6.64. The predicted octanol–water partition coefficient (Wildman–Crippen LogP) is 5.49. The SMILES string of the molecule is CCCNC(CCc1cccs1)CSc1cccc(Cl)c1. The lowest BCUT2D eigenvalue weighted by atomic mass is 10.1. The highest BCUT2D eigenvalue weighted by atomic mass is 35.5. The lowest BCUT2D eigenvalue weighted by Crippen LogP contribution is -2.32. The van der Waals surface area contributed by atoms with E-state index in [0.29, 0.717) is 6.04 Å². The molecule has 0 aliphatic carbocycles. The normalized spacial score (nSPS) is 12.5. The first kappa shape index (κ1) is 16.9. The van der Waals surface area contributed by atoms with Crippen LogP contribution in [0.4, 0.5) is 0 Å². The zero-order valence-corrected chi connectivity index (χ0v) is 14.7. The van der Waals surface area contributed by atoms with Gasteiger partial charge in [-0.3, -0.25) is 0 Å². The monoisotopic (exact) mass is 339 g/mol. The molecule has 0 spiro atoms. The highest BCUT2D eigenvalue weighted by Crippen LogP contribution is 2.23. The largest absolute Gasteiger partial charge is 0.313 e. The van der Waals surface area contributed by atoms with Gasteiger partial charge in [-0.15, -0.1) is 23.1 Å². The highest BCUT2D eigenvalue weighted by molar-refractivity contribution is 7.99. The Hall–Kier alpha value is -0.480. The fourth-order valence-corrected chi connectivity index (χ4v) is 4.16. The van der Waals surface area contributed by atoms with Crippen molar-refractivity contribution in [2.24, 2.45) is 0 Å². The number of rotatable bonds is 9. The van der Waals surface area contributed by atoms with Crippen LogP contribution in [-0.4, -0.2) is 18.3 Å². The van der Waals surface area contributed by atoms with Crippen LogP contribution in [0, 0.1) is 0 Å². The van der Waals surface area contributed by atoms with Crippen molar-refractivity contribution in [3.05, 3.63) is 51.7 Å². The summed E-state index contributed by atoms with van der Waals surface area (Å²) < 4.78 is 0. The second-order valence-electron chi connectivity index (χ2n) is 5.04. The smallest absolute Gasteiger partial charge is 0.0417 e. The van der Waals surface area contributed by atoms with Gasteiger partial charge in [0.05, 0.1) is 0 Å². The van der Waals surface area contributed by atoms with Gasteiger partial charge >= 0.3 is 0 Å². The van der Waals surface area contributed by atoms with Crippen LogP contribution in [0.2, 0.25) is 5.02 Å². The molecule has 21 heavy (non-hydrogen) atoms. The molecule has 114 valence electrons. The fourth-order valence-electron chi connectivity index (χ4n) is 2.12. The van der Waals surface area contributed by atoms with Gasteiger partial charge < -0.3 is 5.32 Å². The second kappa shape index (κ2) is 9.52. The number of thiophene rings is 1. The first-order valence-electron chi connectivity index (χ1n) is 7.42. The molecule has 1 N–H and O–H groups in total. The van der Waals surface area contributed by atoms with Gasteiger partial charge in [-0.1, -0.05) is 30.7 Å². The van der Waals surface area contributed by atoms with Crippen LogP contribution in [0.1, 0.15) is 24.6 Å². The van der Waals surface area contributed by atoms with Crippen molar-refractivity contribution < 1.29 is 0 Å². The van der Waals surface area contributed by atoms with Gasteiger partial charge in [0.25, 0.3) is 0 Å². The topological polar surface area (TPSA) is 12.0 Å². The van der Waals surface area contributed by atoms with Gasteiger partial charge in [0.15, 0.2) is 0 Å². The molecule has 0 aliphatic heterocycles. The summed E-state index contributed by atoms with van der Waals surface area (Å²) in [7, 11) is 0. The third kappa shape index (κ3) is 6.43. The van der Waals surface area contributed by atoms with Crippen LogP contribution >= 0.6 is 34.7 Å². The third-order valence-electron chi connectivity index (χ3n) is 3.25. The molecule has 1 atom stereocenters. The molecule has 2 aromatic rings. The molecule has 1 aromatic heterocycles. The molecule has 1 heterocycles. The maximum absolute atomic E-state index is 6.04. The van der Waals surface area contributed by atoms with E-state index in [4.69, 9.17) is 11.6 Å². The average Bonchev–Trinajstić information content (AvgIpc) is 3.00. The number of hydrogen-bond donors (Lipinski definition) is 1. The van der Waals surface area contributed by atoms with Crippen molar-refractivity contribution in [2.75, 3.05) is 12.3 Å². The average molecular weight is 340 g/mol. The van der Waals surface area contributed by atoms with Crippen molar-refractivity contribution in [3.63, 3.8) is 0 Å².